The first-order valence-electron chi connectivity index (χ1n) is 7.18. The molecule has 0 aromatic heterocycles. The molecule has 1 saturated heterocycles. The number of benzene rings is 1. The Morgan fingerprint density at radius 3 is 2.32 bits per heavy atom. The molecule has 1 aliphatic rings. The van der Waals surface area contributed by atoms with E-state index in [0.717, 1.165) is 0 Å². The fourth-order valence-corrected chi connectivity index (χ4v) is 3.02. The van der Waals surface area contributed by atoms with Gasteiger partial charge < -0.3 is 18.9 Å². The normalized spacial score (nSPS) is 16.0. The lowest BCUT2D eigenvalue weighted by molar-refractivity contribution is -0.222. The van der Waals surface area contributed by atoms with Crippen LogP contribution in [0.4, 0.5) is 0 Å². The predicted molar refractivity (Wildman–Crippen MR) is 98.3 cm³/mol. The van der Waals surface area contributed by atoms with Crippen molar-refractivity contribution < 1.29 is 28.5 Å². The number of halogens is 2. The molecule has 0 N–H and O–H groups in total. The highest BCUT2D eigenvalue weighted by molar-refractivity contribution is 9.13. The van der Waals surface area contributed by atoms with Crippen molar-refractivity contribution in [3.8, 4) is 11.5 Å². The number of carbonyl (C=O) groups is 2. The summed E-state index contributed by atoms with van der Waals surface area (Å²) in [5.41, 5.74) is 0.298. The van der Waals surface area contributed by atoms with Crippen LogP contribution in [-0.4, -0.2) is 31.4 Å². The van der Waals surface area contributed by atoms with Gasteiger partial charge in [-0.15, -0.1) is 0 Å². The van der Waals surface area contributed by atoms with E-state index in [1.54, 1.807) is 12.1 Å². The lowest BCUT2D eigenvalue weighted by atomic mass is 10.1. The van der Waals surface area contributed by atoms with E-state index >= 15 is 0 Å². The fraction of sp³-hybridized carbons (Fsp3) is 0.294. The van der Waals surface area contributed by atoms with Crippen molar-refractivity contribution in [3.05, 3.63) is 38.8 Å². The Hall–Kier alpha value is -1.80. The topological polar surface area (TPSA) is 71.1 Å². The third-order valence-corrected chi connectivity index (χ3v) is 5.28. The third kappa shape index (κ3) is 4.24. The van der Waals surface area contributed by atoms with Crippen LogP contribution in [0, 0.1) is 0 Å². The molecular weight excluding hydrogens is 460 g/mol. The van der Waals surface area contributed by atoms with Gasteiger partial charge in [0.05, 0.1) is 11.6 Å². The number of carbonyl (C=O) groups excluding carboxylic acids is 2. The van der Waals surface area contributed by atoms with Crippen molar-refractivity contribution in [1.29, 1.82) is 0 Å². The summed E-state index contributed by atoms with van der Waals surface area (Å²) in [6.45, 7) is 6.86. The minimum Gasteiger partial charge on any atom is -0.493 e. The largest absolute Gasteiger partial charge is 0.493 e. The van der Waals surface area contributed by atoms with E-state index in [4.69, 9.17) is 18.9 Å². The van der Waals surface area contributed by atoms with Gasteiger partial charge in [-0.1, -0.05) is 12.7 Å². The zero-order valence-electron chi connectivity index (χ0n) is 13.9. The average Bonchev–Trinajstić information content (AvgIpc) is 2.52. The molecule has 0 bridgehead atoms. The summed E-state index contributed by atoms with van der Waals surface area (Å²) in [4.78, 5) is 24.2. The summed E-state index contributed by atoms with van der Waals surface area (Å²) in [6.07, 6.45) is 2.97. The van der Waals surface area contributed by atoms with E-state index in [2.05, 4.69) is 38.4 Å². The molecule has 1 aliphatic heterocycles. The smallest absolute Gasteiger partial charge is 0.348 e. The number of hydrogen-bond acceptors (Lipinski definition) is 6. The zero-order chi connectivity index (χ0) is 18.8. The second kappa shape index (κ2) is 7.61. The highest BCUT2D eigenvalue weighted by atomic mass is 79.9. The summed E-state index contributed by atoms with van der Waals surface area (Å²) in [6, 6.07) is 1.63. The minimum atomic E-state index is -1.29. The minimum absolute atomic E-state index is 0.214. The quantitative estimate of drug-likeness (QED) is 0.277. The van der Waals surface area contributed by atoms with E-state index < -0.39 is 17.7 Å². The molecule has 134 valence electrons. The lowest BCUT2D eigenvalue weighted by Gasteiger charge is -2.29. The van der Waals surface area contributed by atoms with Gasteiger partial charge in [0.1, 0.15) is 12.2 Å². The summed E-state index contributed by atoms with van der Waals surface area (Å²) in [5.74, 6) is -1.91. The van der Waals surface area contributed by atoms with E-state index in [1.165, 1.54) is 27.0 Å². The van der Waals surface area contributed by atoms with Crippen molar-refractivity contribution in [2.75, 3.05) is 13.7 Å². The molecule has 6 nitrogen and oxygen atoms in total. The Kier molecular flexibility index (Phi) is 5.95. The molecule has 8 heteroatoms. The number of cyclic esters (lactones) is 2. The van der Waals surface area contributed by atoms with Crippen molar-refractivity contribution in [2.24, 2.45) is 0 Å². The van der Waals surface area contributed by atoms with Crippen molar-refractivity contribution in [1.82, 2.24) is 0 Å². The van der Waals surface area contributed by atoms with Crippen LogP contribution in [-0.2, 0) is 19.1 Å². The maximum Gasteiger partial charge on any atom is 0.348 e. The van der Waals surface area contributed by atoms with Gasteiger partial charge in [0.2, 0.25) is 0 Å². The molecule has 0 atom stereocenters. The van der Waals surface area contributed by atoms with Gasteiger partial charge in [0, 0.05) is 18.3 Å². The fourth-order valence-electron chi connectivity index (χ4n) is 2.07. The van der Waals surface area contributed by atoms with Crippen LogP contribution in [0.2, 0.25) is 0 Å². The Morgan fingerprint density at radius 1 is 1.20 bits per heavy atom. The van der Waals surface area contributed by atoms with Gasteiger partial charge in [-0.2, -0.15) is 0 Å². The predicted octanol–water partition coefficient (Wildman–Crippen LogP) is 4.00. The van der Waals surface area contributed by atoms with Crippen LogP contribution >= 0.6 is 31.9 Å². The van der Waals surface area contributed by atoms with Crippen LogP contribution in [0.25, 0.3) is 6.08 Å². The highest BCUT2D eigenvalue weighted by Crippen LogP contribution is 2.43. The van der Waals surface area contributed by atoms with E-state index in [0.29, 0.717) is 26.0 Å². The number of hydrogen-bond donors (Lipinski definition) is 0. The van der Waals surface area contributed by atoms with Crippen molar-refractivity contribution in [2.45, 2.75) is 19.6 Å². The van der Waals surface area contributed by atoms with E-state index in [-0.39, 0.29) is 12.2 Å². The Labute approximate surface area is 162 Å². The summed E-state index contributed by atoms with van der Waals surface area (Å²) in [5, 5.41) is 0. The summed E-state index contributed by atoms with van der Waals surface area (Å²) in [7, 11) is 1.49. The molecule has 25 heavy (non-hydrogen) atoms. The summed E-state index contributed by atoms with van der Waals surface area (Å²) < 4.78 is 22.2. The van der Waals surface area contributed by atoms with Gasteiger partial charge in [0.15, 0.2) is 11.5 Å². The molecule has 0 spiro atoms. The second-order valence-electron chi connectivity index (χ2n) is 5.46. The van der Waals surface area contributed by atoms with Gasteiger partial charge in [-0.25, -0.2) is 9.59 Å². The number of methoxy groups -OCH3 is 1. The average molecular weight is 476 g/mol. The molecule has 1 heterocycles. The Balaban J connectivity index is 2.49. The number of ether oxygens (including phenoxy) is 4. The molecule has 2 rings (SSSR count). The van der Waals surface area contributed by atoms with Crippen LogP contribution in [0.3, 0.4) is 0 Å². The van der Waals surface area contributed by atoms with E-state index in [9.17, 15) is 9.59 Å². The lowest BCUT2D eigenvalue weighted by Crippen LogP contribution is -2.41. The van der Waals surface area contributed by atoms with E-state index in [1.807, 2.05) is 0 Å². The molecule has 1 aromatic carbocycles. The monoisotopic (exact) mass is 474 g/mol. The molecule has 0 radical (unpaired) electrons. The Bertz CT molecular complexity index is 745. The highest BCUT2D eigenvalue weighted by Gasteiger charge is 2.39. The van der Waals surface area contributed by atoms with Gasteiger partial charge in [-0.3, -0.25) is 0 Å². The maximum atomic E-state index is 12.1. The van der Waals surface area contributed by atoms with Crippen molar-refractivity contribution in [3.63, 3.8) is 0 Å². The first kappa shape index (κ1) is 19.5. The standard InChI is InChI=1S/C17H16Br2O6/c1-5-6-23-14-11(22-4)8-9(12(18)13(14)19)7-10-15(20)24-17(2,3)25-16(10)21/h5,7-8H,1,6H2,2-4H3. The Morgan fingerprint density at radius 2 is 1.80 bits per heavy atom. The molecule has 1 fully saturated rings. The van der Waals surface area contributed by atoms with Crippen LogP contribution in [0.5, 0.6) is 11.5 Å². The van der Waals surface area contributed by atoms with Crippen LogP contribution < -0.4 is 9.47 Å². The third-order valence-electron chi connectivity index (χ3n) is 3.14. The molecule has 0 unspecified atom stereocenters. The van der Waals surface area contributed by atoms with Crippen molar-refractivity contribution >= 4 is 49.9 Å². The molecule has 1 aromatic rings. The van der Waals surface area contributed by atoms with Gasteiger partial charge in [0.25, 0.3) is 5.79 Å². The number of esters is 2. The maximum absolute atomic E-state index is 12.1. The SMILES string of the molecule is C=CCOc1c(OC)cc(C=C2C(=O)OC(C)(C)OC2=O)c(Br)c1Br. The number of rotatable bonds is 5. The van der Waals surface area contributed by atoms with Gasteiger partial charge in [-0.05, 0) is 49.6 Å². The molecular formula is C17H16Br2O6. The summed E-state index contributed by atoms with van der Waals surface area (Å²) >= 11 is 6.84. The molecule has 0 saturated carbocycles. The van der Waals surface area contributed by atoms with Crippen LogP contribution in [0.15, 0.2) is 33.2 Å². The van der Waals surface area contributed by atoms with Crippen LogP contribution in [0.1, 0.15) is 19.4 Å². The first-order chi connectivity index (χ1) is 11.7. The molecule has 0 aliphatic carbocycles. The second-order valence-corrected chi connectivity index (χ2v) is 7.05. The van der Waals surface area contributed by atoms with Gasteiger partial charge >= 0.3 is 11.9 Å². The zero-order valence-corrected chi connectivity index (χ0v) is 17.0. The molecule has 0 amide bonds. The first-order valence-corrected chi connectivity index (χ1v) is 8.77.